The summed E-state index contributed by atoms with van der Waals surface area (Å²) in [6.45, 7) is 3.46. The first-order valence-corrected chi connectivity index (χ1v) is 11.7. The van der Waals surface area contributed by atoms with Gasteiger partial charge in [0.15, 0.2) is 9.84 Å². The van der Waals surface area contributed by atoms with E-state index in [9.17, 15) is 13.2 Å². The van der Waals surface area contributed by atoms with E-state index in [0.29, 0.717) is 23.6 Å². The van der Waals surface area contributed by atoms with Gasteiger partial charge in [0.05, 0.1) is 11.5 Å². The summed E-state index contributed by atoms with van der Waals surface area (Å²) >= 11 is 0. The fourth-order valence-corrected chi connectivity index (χ4v) is 4.08. The van der Waals surface area contributed by atoms with Crippen LogP contribution in [-0.2, 0) is 16.3 Å². The van der Waals surface area contributed by atoms with Crippen molar-refractivity contribution in [3.05, 3.63) is 53.6 Å². The van der Waals surface area contributed by atoms with Crippen molar-refractivity contribution in [2.45, 2.75) is 43.9 Å². The van der Waals surface area contributed by atoms with Gasteiger partial charge in [0.25, 0.3) is 5.91 Å². The normalized spacial score (nSPS) is 13.9. The molecule has 2 aromatic carbocycles. The Morgan fingerprint density at radius 1 is 1.11 bits per heavy atom. The van der Waals surface area contributed by atoms with Gasteiger partial charge in [-0.3, -0.25) is 4.79 Å². The Morgan fingerprint density at radius 3 is 2.54 bits per heavy atom. The quantitative estimate of drug-likeness (QED) is 0.651. The van der Waals surface area contributed by atoms with Gasteiger partial charge in [0, 0.05) is 24.1 Å². The summed E-state index contributed by atoms with van der Waals surface area (Å²) < 4.78 is 29.3. The van der Waals surface area contributed by atoms with Crippen molar-refractivity contribution in [2.75, 3.05) is 24.3 Å². The van der Waals surface area contributed by atoms with Crippen LogP contribution >= 0.6 is 0 Å². The van der Waals surface area contributed by atoms with Gasteiger partial charge in [0.2, 0.25) is 0 Å². The molecule has 0 aromatic heterocycles. The topological polar surface area (TPSA) is 63.7 Å². The van der Waals surface area contributed by atoms with Gasteiger partial charge >= 0.3 is 0 Å². The van der Waals surface area contributed by atoms with Crippen LogP contribution in [0.3, 0.4) is 0 Å². The lowest BCUT2D eigenvalue weighted by Gasteiger charge is -2.30. The number of ether oxygens (including phenoxy) is 1. The number of nitrogens with zero attached hydrogens (tertiary/aromatic N) is 1. The standard InChI is InChI=1S/C22H27NO4S/c1-3-4-5-15-27-19-10-8-17(9-11-19)22(24)23-14-6-7-18-16-20(28(2,25)26)12-13-21(18)23/h8-13,16H,3-7,14-15H2,1-2H3. The fraction of sp³-hybridized carbons (Fsp3) is 0.409. The molecule has 0 atom stereocenters. The lowest BCUT2D eigenvalue weighted by atomic mass is 10.0. The van der Waals surface area contributed by atoms with Crippen molar-refractivity contribution in [3.63, 3.8) is 0 Å². The van der Waals surface area contributed by atoms with Gasteiger partial charge in [-0.05, 0) is 67.3 Å². The molecule has 2 aromatic rings. The number of unbranched alkanes of at least 4 members (excludes halogenated alkanes) is 2. The number of sulfone groups is 1. The molecule has 1 aliphatic heterocycles. The van der Waals surface area contributed by atoms with Crippen LogP contribution in [0.15, 0.2) is 47.4 Å². The fourth-order valence-electron chi connectivity index (χ4n) is 3.41. The van der Waals surface area contributed by atoms with Gasteiger partial charge in [-0.2, -0.15) is 0 Å². The van der Waals surface area contributed by atoms with Crippen molar-refractivity contribution in [1.82, 2.24) is 0 Å². The molecule has 0 saturated carbocycles. The molecule has 6 heteroatoms. The second-order valence-corrected chi connectivity index (χ2v) is 9.22. The van der Waals surface area contributed by atoms with E-state index < -0.39 is 9.84 Å². The van der Waals surface area contributed by atoms with E-state index >= 15 is 0 Å². The van der Waals surface area contributed by atoms with Crippen molar-refractivity contribution >= 4 is 21.4 Å². The van der Waals surface area contributed by atoms with E-state index in [1.54, 1.807) is 35.2 Å². The Bertz CT molecular complexity index is 936. The Morgan fingerprint density at radius 2 is 1.86 bits per heavy atom. The third-order valence-electron chi connectivity index (χ3n) is 4.96. The summed E-state index contributed by atoms with van der Waals surface area (Å²) in [5.74, 6) is 0.690. The van der Waals surface area contributed by atoms with Crippen LogP contribution in [0.2, 0.25) is 0 Å². The molecule has 0 aliphatic carbocycles. The summed E-state index contributed by atoms with van der Waals surface area (Å²) in [5.41, 5.74) is 2.29. The first-order valence-electron chi connectivity index (χ1n) is 9.78. The molecule has 3 rings (SSSR count). The number of hydrogen-bond donors (Lipinski definition) is 0. The van der Waals surface area contributed by atoms with Gasteiger partial charge in [-0.1, -0.05) is 19.8 Å². The SMILES string of the molecule is CCCCCOc1ccc(C(=O)N2CCCc3cc(S(C)(=O)=O)ccc32)cc1. The molecule has 1 amide bonds. The number of aryl methyl sites for hydroxylation is 1. The highest BCUT2D eigenvalue weighted by Crippen LogP contribution is 2.31. The van der Waals surface area contributed by atoms with Crippen LogP contribution in [0.5, 0.6) is 5.75 Å². The molecule has 28 heavy (non-hydrogen) atoms. The first kappa shape index (κ1) is 20.4. The van der Waals surface area contributed by atoms with E-state index in [-0.39, 0.29) is 5.91 Å². The molecule has 0 radical (unpaired) electrons. The Kier molecular flexibility index (Phi) is 6.39. The molecule has 0 fully saturated rings. The molecule has 0 spiro atoms. The number of benzene rings is 2. The molecule has 1 aliphatic rings. The van der Waals surface area contributed by atoms with Crippen molar-refractivity contribution in [2.24, 2.45) is 0 Å². The molecular formula is C22H27NO4S. The Labute approximate surface area is 167 Å². The largest absolute Gasteiger partial charge is 0.494 e. The monoisotopic (exact) mass is 401 g/mol. The van der Waals surface area contributed by atoms with E-state index in [1.807, 2.05) is 12.1 Å². The van der Waals surface area contributed by atoms with E-state index in [1.165, 1.54) is 6.26 Å². The summed E-state index contributed by atoms with van der Waals surface area (Å²) in [6.07, 6.45) is 6.10. The van der Waals surface area contributed by atoms with Crippen molar-refractivity contribution < 1.29 is 17.9 Å². The molecule has 0 saturated heterocycles. The molecule has 0 unspecified atom stereocenters. The number of anilines is 1. The molecule has 150 valence electrons. The average molecular weight is 402 g/mol. The van der Waals surface area contributed by atoms with Crippen LogP contribution < -0.4 is 9.64 Å². The first-order chi connectivity index (χ1) is 13.4. The zero-order valence-electron chi connectivity index (χ0n) is 16.5. The predicted molar refractivity (Wildman–Crippen MR) is 111 cm³/mol. The molecule has 0 bridgehead atoms. The van der Waals surface area contributed by atoms with Crippen LogP contribution in [0.4, 0.5) is 5.69 Å². The van der Waals surface area contributed by atoms with E-state index in [2.05, 4.69) is 6.92 Å². The molecular weight excluding hydrogens is 374 g/mol. The van der Waals surface area contributed by atoms with Gasteiger partial charge in [-0.25, -0.2) is 8.42 Å². The van der Waals surface area contributed by atoms with Crippen LogP contribution in [0.25, 0.3) is 0 Å². The molecule has 5 nitrogen and oxygen atoms in total. The number of rotatable bonds is 7. The zero-order chi connectivity index (χ0) is 20.1. The third kappa shape index (κ3) is 4.73. The highest BCUT2D eigenvalue weighted by molar-refractivity contribution is 7.90. The van der Waals surface area contributed by atoms with Crippen molar-refractivity contribution in [3.8, 4) is 5.75 Å². The number of carbonyl (C=O) groups excluding carboxylic acids is 1. The van der Waals surface area contributed by atoms with Gasteiger partial charge in [0.1, 0.15) is 5.75 Å². The van der Waals surface area contributed by atoms with Crippen LogP contribution in [-0.4, -0.2) is 33.7 Å². The lowest BCUT2D eigenvalue weighted by molar-refractivity contribution is 0.0985. The maximum Gasteiger partial charge on any atom is 0.258 e. The predicted octanol–water partition coefficient (Wildman–Crippen LogP) is 4.25. The number of fused-ring (bicyclic) bond motifs is 1. The van der Waals surface area contributed by atoms with E-state index in [4.69, 9.17) is 4.74 Å². The summed E-state index contributed by atoms with van der Waals surface area (Å²) in [4.78, 5) is 15.1. The second kappa shape index (κ2) is 8.78. The summed E-state index contributed by atoms with van der Waals surface area (Å²) in [7, 11) is -3.26. The Hall–Kier alpha value is -2.34. The number of hydrogen-bond acceptors (Lipinski definition) is 4. The Balaban J connectivity index is 1.75. The van der Waals surface area contributed by atoms with E-state index in [0.717, 1.165) is 49.1 Å². The summed E-state index contributed by atoms with van der Waals surface area (Å²) in [5, 5.41) is 0. The second-order valence-electron chi connectivity index (χ2n) is 7.20. The number of amides is 1. The highest BCUT2D eigenvalue weighted by Gasteiger charge is 2.24. The maximum absolute atomic E-state index is 13.0. The minimum atomic E-state index is -3.26. The lowest BCUT2D eigenvalue weighted by Crippen LogP contribution is -2.35. The van der Waals surface area contributed by atoms with Gasteiger partial charge < -0.3 is 9.64 Å². The van der Waals surface area contributed by atoms with Crippen molar-refractivity contribution in [1.29, 1.82) is 0 Å². The highest BCUT2D eigenvalue weighted by atomic mass is 32.2. The third-order valence-corrected chi connectivity index (χ3v) is 6.07. The molecule has 1 heterocycles. The smallest absolute Gasteiger partial charge is 0.258 e. The zero-order valence-corrected chi connectivity index (χ0v) is 17.3. The van der Waals surface area contributed by atoms with Crippen LogP contribution in [0, 0.1) is 0 Å². The minimum absolute atomic E-state index is 0.0782. The molecule has 0 N–H and O–H groups in total. The average Bonchev–Trinajstić information content (AvgIpc) is 2.69. The van der Waals surface area contributed by atoms with Gasteiger partial charge in [-0.15, -0.1) is 0 Å². The maximum atomic E-state index is 13.0. The minimum Gasteiger partial charge on any atom is -0.494 e. The van der Waals surface area contributed by atoms with Crippen LogP contribution in [0.1, 0.15) is 48.5 Å². The number of carbonyl (C=O) groups is 1. The summed E-state index contributed by atoms with van der Waals surface area (Å²) in [6, 6.07) is 12.2.